The summed E-state index contributed by atoms with van der Waals surface area (Å²) in [5.41, 5.74) is 2.10. The highest BCUT2D eigenvalue weighted by Crippen LogP contribution is 2.31. The Morgan fingerprint density at radius 2 is 2.14 bits per heavy atom. The van der Waals surface area contributed by atoms with Gasteiger partial charge >= 0.3 is 0 Å². The van der Waals surface area contributed by atoms with Gasteiger partial charge in [0, 0.05) is 4.47 Å². The lowest BCUT2D eigenvalue weighted by molar-refractivity contribution is 0.102. The van der Waals surface area contributed by atoms with Gasteiger partial charge in [-0.1, -0.05) is 27.5 Å². The van der Waals surface area contributed by atoms with Gasteiger partial charge in [0.05, 0.1) is 35.1 Å². The number of fused-ring (bicyclic) bond motifs is 1. The average Bonchev–Trinajstić information content (AvgIpc) is 2.98. The molecule has 0 fully saturated rings. The van der Waals surface area contributed by atoms with E-state index in [0.29, 0.717) is 33.1 Å². The maximum absolute atomic E-state index is 12.5. The Labute approximate surface area is 143 Å². The molecule has 0 aliphatic rings. The monoisotopic (exact) mass is 397 g/mol. The second-order valence-corrected chi connectivity index (χ2v) is 6.20. The van der Waals surface area contributed by atoms with Crippen LogP contribution in [0.25, 0.3) is 11.0 Å². The van der Waals surface area contributed by atoms with E-state index in [4.69, 9.17) is 16.3 Å². The van der Waals surface area contributed by atoms with Crippen molar-refractivity contribution in [2.45, 2.75) is 0 Å². The number of anilines is 1. The molecule has 22 heavy (non-hydrogen) atoms. The first-order valence-corrected chi connectivity index (χ1v) is 8.06. The number of halogens is 2. The molecule has 1 amide bonds. The van der Waals surface area contributed by atoms with Crippen molar-refractivity contribution >= 4 is 61.9 Å². The number of methoxy groups -OCH3 is 1. The molecule has 1 aromatic heterocycles. The zero-order valence-electron chi connectivity index (χ0n) is 11.3. The lowest BCUT2D eigenvalue weighted by atomic mass is 10.1. The van der Waals surface area contributed by atoms with Crippen molar-refractivity contribution in [1.82, 2.24) is 8.75 Å². The normalized spacial score (nSPS) is 10.7. The summed E-state index contributed by atoms with van der Waals surface area (Å²) < 4.78 is 14.3. The van der Waals surface area contributed by atoms with E-state index in [-0.39, 0.29) is 5.91 Å². The number of amides is 1. The number of carbonyl (C=O) groups excluding carboxylic acids is 1. The Bertz CT molecular complexity index is 868. The van der Waals surface area contributed by atoms with Crippen molar-refractivity contribution in [2.24, 2.45) is 0 Å². The summed E-state index contributed by atoms with van der Waals surface area (Å²) in [7, 11) is 1.51. The highest BCUT2D eigenvalue weighted by Gasteiger charge is 2.17. The Hall–Kier alpha value is -1.70. The van der Waals surface area contributed by atoms with Crippen molar-refractivity contribution in [2.75, 3.05) is 12.4 Å². The third kappa shape index (κ3) is 2.79. The summed E-state index contributed by atoms with van der Waals surface area (Å²) in [5, 5.41) is 3.20. The number of benzene rings is 2. The van der Waals surface area contributed by atoms with Crippen LogP contribution in [0.2, 0.25) is 5.02 Å². The van der Waals surface area contributed by atoms with E-state index < -0.39 is 0 Å². The fraction of sp³-hybridized carbons (Fsp3) is 0.0714. The van der Waals surface area contributed by atoms with Gasteiger partial charge in [0.25, 0.3) is 5.91 Å². The maximum atomic E-state index is 12.5. The standard InChI is InChI=1S/C14H9BrClN3O2S/c1-21-11-5-2-7(15)6-8(11)14(20)17-12-9(16)3-4-10-13(12)19-22-18-10/h2-6H,1H3,(H,17,20). The number of nitrogens with zero attached hydrogens (tertiary/aromatic N) is 2. The van der Waals surface area contributed by atoms with Gasteiger partial charge in [0.1, 0.15) is 16.8 Å². The van der Waals surface area contributed by atoms with Gasteiger partial charge < -0.3 is 10.1 Å². The lowest BCUT2D eigenvalue weighted by Gasteiger charge is -2.11. The highest BCUT2D eigenvalue weighted by molar-refractivity contribution is 9.10. The van der Waals surface area contributed by atoms with Crippen molar-refractivity contribution in [3.05, 3.63) is 45.4 Å². The Morgan fingerprint density at radius 1 is 1.32 bits per heavy atom. The van der Waals surface area contributed by atoms with E-state index in [1.54, 1.807) is 30.3 Å². The van der Waals surface area contributed by atoms with Gasteiger partial charge in [-0.3, -0.25) is 4.79 Å². The van der Waals surface area contributed by atoms with Crippen LogP contribution in [0.5, 0.6) is 5.75 Å². The largest absolute Gasteiger partial charge is 0.496 e. The molecule has 0 spiro atoms. The van der Waals surface area contributed by atoms with Crippen LogP contribution in [0, 0.1) is 0 Å². The molecule has 8 heteroatoms. The third-order valence-electron chi connectivity index (χ3n) is 3.02. The minimum absolute atomic E-state index is 0.333. The van der Waals surface area contributed by atoms with Crippen LogP contribution in [0.15, 0.2) is 34.8 Å². The topological polar surface area (TPSA) is 64.1 Å². The molecule has 2 aromatic carbocycles. The van der Waals surface area contributed by atoms with Gasteiger partial charge in [-0.15, -0.1) is 0 Å². The molecular weight excluding hydrogens is 390 g/mol. The molecule has 1 heterocycles. The van der Waals surface area contributed by atoms with Crippen LogP contribution in [0.4, 0.5) is 5.69 Å². The molecule has 3 rings (SSSR count). The highest BCUT2D eigenvalue weighted by atomic mass is 79.9. The van der Waals surface area contributed by atoms with Crippen molar-refractivity contribution < 1.29 is 9.53 Å². The summed E-state index contributed by atoms with van der Waals surface area (Å²) in [4.78, 5) is 12.5. The van der Waals surface area contributed by atoms with E-state index in [0.717, 1.165) is 16.2 Å². The Balaban J connectivity index is 2.02. The third-order valence-corrected chi connectivity index (χ3v) is 4.37. The molecule has 3 aromatic rings. The predicted octanol–water partition coefficient (Wildman–Crippen LogP) is 4.37. The van der Waals surface area contributed by atoms with E-state index in [1.165, 1.54) is 7.11 Å². The second-order valence-electron chi connectivity index (χ2n) is 4.35. The molecule has 1 N–H and O–H groups in total. The van der Waals surface area contributed by atoms with Gasteiger partial charge in [-0.05, 0) is 30.3 Å². The lowest BCUT2D eigenvalue weighted by Crippen LogP contribution is -2.14. The van der Waals surface area contributed by atoms with Crippen molar-refractivity contribution in [3.63, 3.8) is 0 Å². The van der Waals surface area contributed by atoms with Crippen LogP contribution < -0.4 is 10.1 Å². The van der Waals surface area contributed by atoms with Crippen molar-refractivity contribution in [3.8, 4) is 5.75 Å². The van der Waals surface area contributed by atoms with E-state index in [9.17, 15) is 4.79 Å². The van der Waals surface area contributed by atoms with Gasteiger partial charge in [0.2, 0.25) is 0 Å². The summed E-state index contributed by atoms with van der Waals surface area (Å²) in [5.74, 6) is 0.140. The SMILES string of the molecule is COc1ccc(Br)cc1C(=O)Nc1c(Cl)ccc2nsnc12. The summed E-state index contributed by atoms with van der Waals surface area (Å²) in [6, 6.07) is 8.64. The molecule has 0 saturated heterocycles. The maximum Gasteiger partial charge on any atom is 0.259 e. The van der Waals surface area contributed by atoms with E-state index in [1.807, 2.05) is 0 Å². The molecule has 112 valence electrons. The van der Waals surface area contributed by atoms with Gasteiger partial charge in [-0.25, -0.2) is 0 Å². The molecule has 0 aliphatic carbocycles. The zero-order chi connectivity index (χ0) is 15.7. The quantitative estimate of drug-likeness (QED) is 0.711. The first-order valence-electron chi connectivity index (χ1n) is 6.16. The van der Waals surface area contributed by atoms with Gasteiger partial charge in [0.15, 0.2) is 0 Å². The zero-order valence-corrected chi connectivity index (χ0v) is 14.4. The van der Waals surface area contributed by atoms with E-state index in [2.05, 4.69) is 30.0 Å². The molecule has 0 saturated carbocycles. The summed E-state index contributed by atoms with van der Waals surface area (Å²) >= 11 is 10.6. The number of rotatable bonds is 3. The summed E-state index contributed by atoms with van der Waals surface area (Å²) in [6.07, 6.45) is 0. The molecule has 0 unspecified atom stereocenters. The molecule has 0 aliphatic heterocycles. The van der Waals surface area contributed by atoms with Crippen LogP contribution in [-0.2, 0) is 0 Å². The van der Waals surface area contributed by atoms with E-state index >= 15 is 0 Å². The second kappa shape index (κ2) is 6.20. The fourth-order valence-electron chi connectivity index (χ4n) is 1.98. The molecule has 0 radical (unpaired) electrons. The number of aromatic nitrogens is 2. The van der Waals surface area contributed by atoms with Gasteiger partial charge in [-0.2, -0.15) is 8.75 Å². The molecule has 0 bridgehead atoms. The van der Waals surface area contributed by atoms with Crippen LogP contribution >= 0.6 is 39.3 Å². The van der Waals surface area contributed by atoms with Crippen LogP contribution in [0.1, 0.15) is 10.4 Å². The molecule has 0 atom stereocenters. The first kappa shape index (κ1) is 15.2. The number of hydrogen-bond donors (Lipinski definition) is 1. The number of carbonyl (C=O) groups is 1. The average molecular weight is 399 g/mol. The number of nitrogens with one attached hydrogen (secondary N) is 1. The molecular formula is C14H9BrClN3O2S. The van der Waals surface area contributed by atoms with Crippen LogP contribution in [0.3, 0.4) is 0 Å². The minimum Gasteiger partial charge on any atom is -0.496 e. The predicted molar refractivity (Wildman–Crippen MR) is 91.1 cm³/mol. The Morgan fingerprint density at radius 3 is 2.91 bits per heavy atom. The molecule has 5 nitrogen and oxygen atoms in total. The smallest absolute Gasteiger partial charge is 0.259 e. The summed E-state index contributed by atoms with van der Waals surface area (Å²) in [6.45, 7) is 0. The minimum atomic E-state index is -0.333. The first-order chi connectivity index (χ1) is 10.6. The number of ether oxygens (including phenoxy) is 1. The fourth-order valence-corrected chi connectivity index (χ4v) is 3.09. The number of hydrogen-bond acceptors (Lipinski definition) is 5. The van der Waals surface area contributed by atoms with Crippen molar-refractivity contribution in [1.29, 1.82) is 0 Å². The van der Waals surface area contributed by atoms with Crippen LogP contribution in [-0.4, -0.2) is 21.8 Å². The Kier molecular flexibility index (Phi) is 4.28.